The smallest absolute Gasteiger partial charge is 0.238 e. The SMILES string of the molecule is Cc1ccoc1-c1noc(CCc2cccc(N)c2)n1. The molecule has 0 saturated carbocycles. The molecule has 0 aliphatic heterocycles. The Labute approximate surface area is 116 Å². The summed E-state index contributed by atoms with van der Waals surface area (Å²) in [4.78, 5) is 4.35. The first-order chi connectivity index (χ1) is 9.72. The van der Waals surface area contributed by atoms with Crippen LogP contribution in [-0.2, 0) is 12.8 Å². The number of aryl methyl sites for hydroxylation is 3. The van der Waals surface area contributed by atoms with E-state index in [1.165, 1.54) is 0 Å². The molecule has 0 aliphatic carbocycles. The minimum Gasteiger partial charge on any atom is -0.461 e. The zero-order valence-electron chi connectivity index (χ0n) is 11.2. The fourth-order valence-corrected chi connectivity index (χ4v) is 2.05. The van der Waals surface area contributed by atoms with E-state index in [0.29, 0.717) is 23.9 Å². The van der Waals surface area contributed by atoms with Crippen molar-refractivity contribution < 1.29 is 8.94 Å². The molecule has 0 spiro atoms. The van der Waals surface area contributed by atoms with Gasteiger partial charge in [0, 0.05) is 12.1 Å². The Morgan fingerprint density at radius 3 is 2.85 bits per heavy atom. The van der Waals surface area contributed by atoms with Gasteiger partial charge in [0.2, 0.25) is 11.7 Å². The fourth-order valence-electron chi connectivity index (χ4n) is 2.05. The van der Waals surface area contributed by atoms with Crippen molar-refractivity contribution in [3.05, 3.63) is 53.6 Å². The van der Waals surface area contributed by atoms with Crippen LogP contribution in [-0.4, -0.2) is 10.1 Å². The number of furan rings is 1. The normalized spacial score (nSPS) is 10.8. The van der Waals surface area contributed by atoms with Gasteiger partial charge in [0.1, 0.15) is 0 Å². The molecule has 0 aliphatic rings. The van der Waals surface area contributed by atoms with E-state index in [-0.39, 0.29) is 0 Å². The van der Waals surface area contributed by atoms with Crippen molar-refractivity contribution in [3.63, 3.8) is 0 Å². The van der Waals surface area contributed by atoms with Crippen LogP contribution in [0.25, 0.3) is 11.6 Å². The van der Waals surface area contributed by atoms with Crippen LogP contribution in [0, 0.1) is 6.92 Å². The lowest BCUT2D eigenvalue weighted by molar-refractivity contribution is 0.377. The summed E-state index contributed by atoms with van der Waals surface area (Å²) >= 11 is 0. The zero-order valence-corrected chi connectivity index (χ0v) is 11.2. The lowest BCUT2D eigenvalue weighted by Gasteiger charge is -1.99. The summed E-state index contributed by atoms with van der Waals surface area (Å²) in [5.74, 6) is 1.75. The highest BCUT2D eigenvalue weighted by Crippen LogP contribution is 2.21. The molecule has 0 bridgehead atoms. The summed E-state index contributed by atoms with van der Waals surface area (Å²) < 4.78 is 10.6. The Hall–Kier alpha value is -2.56. The molecule has 2 N–H and O–H groups in total. The molecule has 0 saturated heterocycles. The number of aromatic nitrogens is 2. The molecular weight excluding hydrogens is 254 g/mol. The summed E-state index contributed by atoms with van der Waals surface area (Å²) in [7, 11) is 0. The largest absolute Gasteiger partial charge is 0.461 e. The highest BCUT2D eigenvalue weighted by atomic mass is 16.5. The molecule has 3 aromatic rings. The van der Waals surface area contributed by atoms with E-state index in [4.69, 9.17) is 14.7 Å². The Bertz CT molecular complexity index is 715. The molecule has 20 heavy (non-hydrogen) atoms. The van der Waals surface area contributed by atoms with Gasteiger partial charge in [-0.1, -0.05) is 17.3 Å². The zero-order chi connectivity index (χ0) is 13.9. The highest BCUT2D eigenvalue weighted by Gasteiger charge is 2.13. The second-order valence-electron chi connectivity index (χ2n) is 4.69. The lowest BCUT2D eigenvalue weighted by Crippen LogP contribution is -1.93. The Balaban J connectivity index is 1.70. The van der Waals surface area contributed by atoms with E-state index < -0.39 is 0 Å². The number of nitrogens with two attached hydrogens (primary N) is 1. The Kier molecular flexibility index (Phi) is 3.25. The van der Waals surface area contributed by atoms with Crippen LogP contribution in [0.15, 0.2) is 45.5 Å². The van der Waals surface area contributed by atoms with Crippen LogP contribution in [0.2, 0.25) is 0 Å². The first-order valence-electron chi connectivity index (χ1n) is 6.44. The first-order valence-corrected chi connectivity index (χ1v) is 6.44. The first kappa shape index (κ1) is 12.5. The molecule has 5 nitrogen and oxygen atoms in total. The number of nitrogen functional groups attached to an aromatic ring is 1. The molecular formula is C15H15N3O2. The van der Waals surface area contributed by atoms with Gasteiger partial charge in [-0.3, -0.25) is 0 Å². The molecule has 102 valence electrons. The van der Waals surface area contributed by atoms with Gasteiger partial charge in [-0.15, -0.1) is 0 Å². The van der Waals surface area contributed by atoms with Crippen LogP contribution in [0.5, 0.6) is 0 Å². The van der Waals surface area contributed by atoms with E-state index in [0.717, 1.165) is 23.2 Å². The van der Waals surface area contributed by atoms with Gasteiger partial charge in [-0.25, -0.2) is 0 Å². The summed E-state index contributed by atoms with van der Waals surface area (Å²) in [5.41, 5.74) is 8.66. The molecule has 0 unspecified atom stereocenters. The van der Waals surface area contributed by atoms with Crippen molar-refractivity contribution in [1.82, 2.24) is 10.1 Å². The third-order valence-electron chi connectivity index (χ3n) is 3.11. The maximum Gasteiger partial charge on any atom is 0.238 e. The van der Waals surface area contributed by atoms with Crippen molar-refractivity contribution in [3.8, 4) is 11.6 Å². The molecule has 0 radical (unpaired) electrons. The minimum atomic E-state index is 0.495. The Morgan fingerprint density at radius 1 is 1.20 bits per heavy atom. The van der Waals surface area contributed by atoms with Gasteiger partial charge in [-0.2, -0.15) is 4.98 Å². The second-order valence-corrected chi connectivity index (χ2v) is 4.69. The number of anilines is 1. The lowest BCUT2D eigenvalue weighted by atomic mass is 10.1. The number of hydrogen-bond donors (Lipinski definition) is 1. The summed E-state index contributed by atoms with van der Waals surface area (Å²) in [5, 5.41) is 3.94. The van der Waals surface area contributed by atoms with Crippen molar-refractivity contribution >= 4 is 5.69 Å². The van der Waals surface area contributed by atoms with Gasteiger partial charge in [0.15, 0.2) is 5.76 Å². The van der Waals surface area contributed by atoms with Gasteiger partial charge >= 0.3 is 0 Å². The van der Waals surface area contributed by atoms with Crippen molar-refractivity contribution in [1.29, 1.82) is 0 Å². The highest BCUT2D eigenvalue weighted by molar-refractivity contribution is 5.51. The molecule has 2 aromatic heterocycles. The van der Waals surface area contributed by atoms with Gasteiger partial charge < -0.3 is 14.7 Å². The van der Waals surface area contributed by atoms with E-state index in [2.05, 4.69) is 10.1 Å². The van der Waals surface area contributed by atoms with Crippen LogP contribution in [0.1, 0.15) is 17.0 Å². The van der Waals surface area contributed by atoms with E-state index >= 15 is 0 Å². The summed E-state index contributed by atoms with van der Waals surface area (Å²) in [6.45, 7) is 1.95. The maximum absolute atomic E-state index is 5.75. The number of rotatable bonds is 4. The average Bonchev–Trinajstić information content (AvgIpc) is 3.05. The number of benzene rings is 1. The average molecular weight is 269 g/mol. The number of nitrogens with zero attached hydrogens (tertiary/aromatic N) is 2. The van der Waals surface area contributed by atoms with Gasteiger partial charge in [0.25, 0.3) is 0 Å². The van der Waals surface area contributed by atoms with Crippen molar-refractivity contribution in [2.24, 2.45) is 0 Å². The van der Waals surface area contributed by atoms with E-state index in [1.54, 1.807) is 6.26 Å². The minimum absolute atomic E-state index is 0.495. The van der Waals surface area contributed by atoms with Gasteiger partial charge in [-0.05, 0) is 42.7 Å². The topological polar surface area (TPSA) is 78.1 Å². The van der Waals surface area contributed by atoms with Crippen LogP contribution in [0.4, 0.5) is 5.69 Å². The standard InChI is InChI=1S/C15H15N3O2/c1-10-7-8-19-14(10)15-17-13(20-18-15)6-5-11-3-2-4-12(16)9-11/h2-4,7-9H,5-6,16H2,1H3. The third kappa shape index (κ3) is 2.56. The van der Waals surface area contributed by atoms with Crippen molar-refractivity contribution in [2.75, 3.05) is 5.73 Å². The third-order valence-corrected chi connectivity index (χ3v) is 3.11. The molecule has 5 heteroatoms. The molecule has 0 atom stereocenters. The molecule has 1 aromatic carbocycles. The van der Waals surface area contributed by atoms with E-state index in [1.807, 2.05) is 37.3 Å². The van der Waals surface area contributed by atoms with Crippen LogP contribution in [0.3, 0.4) is 0 Å². The predicted molar refractivity (Wildman–Crippen MR) is 75.0 cm³/mol. The molecule has 0 amide bonds. The van der Waals surface area contributed by atoms with Gasteiger partial charge in [0.05, 0.1) is 6.26 Å². The molecule has 2 heterocycles. The maximum atomic E-state index is 5.75. The second kappa shape index (κ2) is 5.21. The summed E-state index contributed by atoms with van der Waals surface area (Å²) in [6.07, 6.45) is 3.10. The van der Waals surface area contributed by atoms with Crippen LogP contribution < -0.4 is 5.73 Å². The predicted octanol–water partition coefficient (Wildman–Crippen LogP) is 3.01. The quantitative estimate of drug-likeness (QED) is 0.736. The fraction of sp³-hybridized carbons (Fsp3) is 0.200. The van der Waals surface area contributed by atoms with Crippen molar-refractivity contribution in [2.45, 2.75) is 19.8 Å². The monoisotopic (exact) mass is 269 g/mol. The summed E-state index contributed by atoms with van der Waals surface area (Å²) in [6, 6.07) is 9.67. The van der Waals surface area contributed by atoms with Crippen LogP contribution >= 0.6 is 0 Å². The Morgan fingerprint density at radius 2 is 2.10 bits per heavy atom. The molecule has 0 fully saturated rings. The molecule has 3 rings (SSSR count). The van der Waals surface area contributed by atoms with E-state index in [9.17, 15) is 0 Å². The number of hydrogen-bond acceptors (Lipinski definition) is 5.